The molecule has 1 heterocycles. The number of hydrogen-bond acceptors (Lipinski definition) is 2. The van der Waals surface area contributed by atoms with Crippen LogP contribution >= 0.6 is 11.8 Å². The average Bonchev–Trinajstić information content (AvgIpc) is 2.86. The molecule has 5 unspecified atom stereocenters. The summed E-state index contributed by atoms with van der Waals surface area (Å²) in [5, 5.41) is 6.10. The summed E-state index contributed by atoms with van der Waals surface area (Å²) in [5.41, 5.74) is 0. The highest BCUT2D eigenvalue weighted by Crippen LogP contribution is 2.54. The molecule has 3 saturated carbocycles. The highest BCUT2D eigenvalue weighted by Gasteiger charge is 2.46. The first kappa shape index (κ1) is 13.9. The highest BCUT2D eigenvalue weighted by molar-refractivity contribution is 8.00. The number of nitrogens with one attached hydrogen (secondary N) is 1. The summed E-state index contributed by atoms with van der Waals surface area (Å²) < 4.78 is 0. The van der Waals surface area contributed by atoms with Gasteiger partial charge in [0.2, 0.25) is 0 Å². The van der Waals surface area contributed by atoms with Crippen LogP contribution in [0.4, 0.5) is 0 Å². The largest absolute Gasteiger partial charge is 0.311 e. The second-order valence-corrected chi connectivity index (χ2v) is 9.32. The Hall–Kier alpha value is 0.310. The van der Waals surface area contributed by atoms with Gasteiger partial charge < -0.3 is 5.32 Å². The molecule has 0 spiro atoms. The molecule has 4 fully saturated rings. The van der Waals surface area contributed by atoms with Gasteiger partial charge >= 0.3 is 0 Å². The van der Waals surface area contributed by atoms with Crippen LogP contribution in [0.2, 0.25) is 0 Å². The molecule has 3 aliphatic carbocycles. The van der Waals surface area contributed by atoms with Crippen LogP contribution in [-0.2, 0) is 0 Å². The Kier molecular flexibility index (Phi) is 4.32. The van der Waals surface area contributed by atoms with E-state index in [1.54, 1.807) is 6.42 Å². The van der Waals surface area contributed by atoms with Crippen molar-refractivity contribution >= 4 is 11.8 Å². The standard InChI is InChI=1S/C18H31NS/c1-2-6-13(7-3-1)19-14-10-11-16-15-8-4-5-9-17(15)20-18(16)12-14/h13-19H,1-12H2. The second kappa shape index (κ2) is 6.20. The van der Waals surface area contributed by atoms with E-state index in [9.17, 15) is 0 Å². The smallest absolute Gasteiger partial charge is 0.00960 e. The van der Waals surface area contributed by atoms with E-state index in [2.05, 4.69) is 17.1 Å². The van der Waals surface area contributed by atoms with Crippen LogP contribution < -0.4 is 5.32 Å². The van der Waals surface area contributed by atoms with Crippen LogP contribution in [0.3, 0.4) is 0 Å². The zero-order valence-electron chi connectivity index (χ0n) is 12.9. The van der Waals surface area contributed by atoms with Gasteiger partial charge in [0.05, 0.1) is 0 Å². The molecule has 5 atom stereocenters. The van der Waals surface area contributed by atoms with E-state index in [4.69, 9.17) is 0 Å². The first-order valence-electron chi connectivity index (χ1n) is 9.31. The molecule has 0 aromatic carbocycles. The molecule has 0 aromatic heterocycles. The van der Waals surface area contributed by atoms with Gasteiger partial charge in [0.1, 0.15) is 0 Å². The zero-order chi connectivity index (χ0) is 13.4. The Morgan fingerprint density at radius 1 is 0.600 bits per heavy atom. The first-order valence-corrected chi connectivity index (χ1v) is 10.3. The monoisotopic (exact) mass is 293 g/mol. The van der Waals surface area contributed by atoms with Crippen LogP contribution in [-0.4, -0.2) is 22.6 Å². The lowest BCUT2D eigenvalue weighted by molar-refractivity contribution is 0.197. The molecular formula is C18H31NS. The Morgan fingerprint density at radius 2 is 1.35 bits per heavy atom. The van der Waals surface area contributed by atoms with E-state index in [-0.39, 0.29) is 0 Å². The molecular weight excluding hydrogens is 262 g/mol. The van der Waals surface area contributed by atoms with Crippen molar-refractivity contribution in [2.75, 3.05) is 0 Å². The third-order valence-electron chi connectivity index (χ3n) is 6.57. The number of rotatable bonds is 2. The van der Waals surface area contributed by atoms with Crippen LogP contribution in [0.15, 0.2) is 0 Å². The SMILES string of the molecule is C1CCC(NC2CCC3C(C2)SC2CCCCC23)CC1. The van der Waals surface area contributed by atoms with Gasteiger partial charge in [0, 0.05) is 22.6 Å². The first-order chi connectivity index (χ1) is 9.90. The van der Waals surface area contributed by atoms with Crippen molar-refractivity contribution in [3.63, 3.8) is 0 Å². The van der Waals surface area contributed by atoms with E-state index >= 15 is 0 Å². The van der Waals surface area contributed by atoms with Gasteiger partial charge in [-0.15, -0.1) is 0 Å². The maximum atomic E-state index is 4.04. The zero-order valence-corrected chi connectivity index (χ0v) is 13.7. The molecule has 0 aromatic rings. The van der Waals surface area contributed by atoms with Crippen LogP contribution in [0.25, 0.3) is 0 Å². The lowest BCUT2D eigenvalue weighted by Crippen LogP contribution is -2.44. The van der Waals surface area contributed by atoms with Crippen molar-refractivity contribution in [1.82, 2.24) is 5.32 Å². The summed E-state index contributed by atoms with van der Waals surface area (Å²) in [6.07, 6.45) is 17.9. The van der Waals surface area contributed by atoms with Crippen LogP contribution in [0.1, 0.15) is 77.0 Å². The second-order valence-electron chi connectivity index (χ2n) is 7.84. The normalized spacial score (nSPS) is 45.9. The van der Waals surface area contributed by atoms with Crippen LogP contribution in [0, 0.1) is 11.8 Å². The summed E-state index contributed by atoms with van der Waals surface area (Å²) in [6.45, 7) is 0. The highest BCUT2D eigenvalue weighted by atomic mass is 32.2. The van der Waals surface area contributed by atoms with E-state index in [0.717, 1.165) is 34.4 Å². The Balaban J connectivity index is 1.33. The maximum Gasteiger partial charge on any atom is 0.00960 e. The van der Waals surface area contributed by atoms with E-state index in [1.165, 1.54) is 70.6 Å². The summed E-state index contributed by atoms with van der Waals surface area (Å²) >= 11 is 2.40. The molecule has 0 bridgehead atoms. The molecule has 20 heavy (non-hydrogen) atoms. The minimum atomic E-state index is 0.854. The van der Waals surface area contributed by atoms with Crippen molar-refractivity contribution < 1.29 is 0 Å². The van der Waals surface area contributed by atoms with Crippen LogP contribution in [0.5, 0.6) is 0 Å². The molecule has 1 N–H and O–H groups in total. The average molecular weight is 294 g/mol. The molecule has 1 saturated heterocycles. The third kappa shape index (κ3) is 2.79. The van der Waals surface area contributed by atoms with Gasteiger partial charge in [-0.2, -0.15) is 11.8 Å². The van der Waals surface area contributed by atoms with Gasteiger partial charge in [-0.25, -0.2) is 0 Å². The van der Waals surface area contributed by atoms with Crippen molar-refractivity contribution in [3.8, 4) is 0 Å². The number of hydrogen-bond donors (Lipinski definition) is 1. The Bertz CT molecular complexity index is 325. The number of thioether (sulfide) groups is 1. The molecule has 114 valence electrons. The third-order valence-corrected chi connectivity index (χ3v) is 8.40. The predicted octanol–water partition coefficient (Wildman–Crippen LogP) is 4.75. The van der Waals surface area contributed by atoms with E-state index < -0.39 is 0 Å². The molecule has 0 radical (unpaired) electrons. The number of fused-ring (bicyclic) bond motifs is 3. The molecule has 4 rings (SSSR count). The van der Waals surface area contributed by atoms with Crippen molar-refractivity contribution in [3.05, 3.63) is 0 Å². The topological polar surface area (TPSA) is 12.0 Å². The van der Waals surface area contributed by atoms with Gasteiger partial charge in [0.25, 0.3) is 0 Å². The quantitative estimate of drug-likeness (QED) is 0.788. The van der Waals surface area contributed by atoms with Gasteiger partial charge in [-0.1, -0.05) is 32.1 Å². The van der Waals surface area contributed by atoms with Gasteiger partial charge in [-0.3, -0.25) is 0 Å². The molecule has 2 heteroatoms. The lowest BCUT2D eigenvalue weighted by Gasteiger charge is -2.37. The molecule has 0 amide bonds. The Labute approximate surface area is 129 Å². The van der Waals surface area contributed by atoms with Crippen molar-refractivity contribution in [1.29, 1.82) is 0 Å². The minimum Gasteiger partial charge on any atom is -0.311 e. The van der Waals surface area contributed by atoms with Crippen molar-refractivity contribution in [2.45, 2.75) is 99.6 Å². The summed E-state index contributed by atoms with van der Waals surface area (Å²) in [4.78, 5) is 0. The predicted molar refractivity (Wildman–Crippen MR) is 88.3 cm³/mol. The maximum absolute atomic E-state index is 4.04. The summed E-state index contributed by atoms with van der Waals surface area (Å²) in [7, 11) is 0. The molecule has 1 nitrogen and oxygen atoms in total. The minimum absolute atomic E-state index is 0.854. The van der Waals surface area contributed by atoms with E-state index in [1.807, 2.05) is 0 Å². The Morgan fingerprint density at radius 3 is 2.25 bits per heavy atom. The summed E-state index contributed by atoms with van der Waals surface area (Å²) in [5.74, 6) is 2.20. The summed E-state index contributed by atoms with van der Waals surface area (Å²) in [6, 6.07) is 1.71. The molecule has 1 aliphatic heterocycles. The fourth-order valence-corrected chi connectivity index (χ4v) is 7.74. The fraction of sp³-hybridized carbons (Fsp3) is 1.00. The van der Waals surface area contributed by atoms with Gasteiger partial charge in [0.15, 0.2) is 0 Å². The fourth-order valence-electron chi connectivity index (χ4n) is 5.56. The van der Waals surface area contributed by atoms with Crippen molar-refractivity contribution in [2.24, 2.45) is 11.8 Å². The molecule has 4 aliphatic rings. The van der Waals surface area contributed by atoms with E-state index in [0.29, 0.717) is 0 Å². The van der Waals surface area contributed by atoms with Gasteiger partial charge in [-0.05, 0) is 56.8 Å². The lowest BCUT2D eigenvalue weighted by atomic mass is 9.72.